The van der Waals surface area contributed by atoms with E-state index in [1.54, 1.807) is 0 Å². The summed E-state index contributed by atoms with van der Waals surface area (Å²) in [7, 11) is 0. The van der Waals surface area contributed by atoms with Gasteiger partial charge in [-0.05, 0) is 24.0 Å². The van der Waals surface area contributed by atoms with Crippen molar-refractivity contribution in [3.8, 4) is 0 Å². The first-order valence-electron chi connectivity index (χ1n) is 5.98. The van der Waals surface area contributed by atoms with Crippen molar-refractivity contribution in [1.29, 1.82) is 5.41 Å². The second kappa shape index (κ2) is 4.72. The summed E-state index contributed by atoms with van der Waals surface area (Å²) in [4.78, 5) is 11.9. The first-order valence-corrected chi connectivity index (χ1v) is 5.98. The van der Waals surface area contributed by atoms with Gasteiger partial charge in [-0.2, -0.15) is 5.10 Å². The van der Waals surface area contributed by atoms with Gasteiger partial charge in [0.2, 0.25) is 0 Å². The molecule has 2 N–H and O–H groups in total. The van der Waals surface area contributed by atoms with Crippen LogP contribution in [0.2, 0.25) is 0 Å². The average Bonchev–Trinajstić information content (AvgIpc) is 2.27. The van der Waals surface area contributed by atoms with Crippen molar-refractivity contribution in [2.75, 3.05) is 5.43 Å². The zero-order chi connectivity index (χ0) is 13.2. The van der Waals surface area contributed by atoms with E-state index in [-0.39, 0.29) is 16.9 Å². The number of Topliss-reactive ketones (excluding diaryl/α,β-unsaturated/α-hetero) is 1. The predicted octanol–water partition coefficient (Wildman–Crippen LogP) is 2.86. The molecular weight excluding hydrogens is 226 g/mol. The molecule has 1 aliphatic rings. The first-order chi connectivity index (χ1) is 8.48. The third kappa shape index (κ3) is 2.83. The number of hydrogen-bond donors (Lipinski definition) is 2. The Labute approximate surface area is 107 Å². The molecule has 1 fully saturated rings. The molecule has 0 amide bonds. The number of nitrogens with zero attached hydrogens (tertiary/aromatic N) is 1. The number of hydrazone groups is 1. The Morgan fingerprint density at radius 1 is 1.22 bits per heavy atom. The van der Waals surface area contributed by atoms with Crippen LogP contribution in [0.1, 0.15) is 26.7 Å². The number of hydrogen-bond acceptors (Lipinski definition) is 4. The number of ketones is 1. The standard InChI is InChI=1S/C14H17N3O/c1-14(2)8-11(15)13(12(18)9-14)17-16-10-6-4-3-5-7-10/h3-7,15-16H,8-9H2,1-2H3/b15-11?,17-13-. The molecule has 0 spiro atoms. The van der Waals surface area contributed by atoms with E-state index in [4.69, 9.17) is 5.41 Å². The van der Waals surface area contributed by atoms with Crippen LogP contribution in [-0.2, 0) is 4.79 Å². The van der Waals surface area contributed by atoms with Crippen LogP contribution in [0.4, 0.5) is 5.69 Å². The molecule has 1 aromatic carbocycles. The van der Waals surface area contributed by atoms with Crippen LogP contribution in [0, 0.1) is 10.8 Å². The number of rotatable bonds is 2. The molecule has 94 valence electrons. The fourth-order valence-electron chi connectivity index (χ4n) is 2.07. The van der Waals surface area contributed by atoms with Crippen LogP contribution in [0.3, 0.4) is 0 Å². The highest BCUT2D eigenvalue weighted by atomic mass is 16.1. The van der Waals surface area contributed by atoms with Gasteiger partial charge < -0.3 is 5.41 Å². The van der Waals surface area contributed by atoms with E-state index in [1.165, 1.54) is 0 Å². The van der Waals surface area contributed by atoms with E-state index in [2.05, 4.69) is 10.5 Å². The maximum absolute atomic E-state index is 11.9. The van der Waals surface area contributed by atoms with Crippen molar-refractivity contribution in [3.05, 3.63) is 30.3 Å². The van der Waals surface area contributed by atoms with Gasteiger partial charge in [0, 0.05) is 6.42 Å². The molecule has 0 heterocycles. The van der Waals surface area contributed by atoms with Crippen LogP contribution in [0.15, 0.2) is 35.4 Å². The minimum atomic E-state index is -0.125. The molecule has 1 aliphatic carbocycles. The minimum absolute atomic E-state index is 0.0559. The van der Waals surface area contributed by atoms with Crippen molar-refractivity contribution < 1.29 is 4.79 Å². The van der Waals surface area contributed by atoms with Gasteiger partial charge in [0.25, 0.3) is 0 Å². The Kier molecular flexibility index (Phi) is 3.28. The highest BCUT2D eigenvalue weighted by molar-refractivity contribution is 6.67. The maximum Gasteiger partial charge on any atom is 0.185 e. The third-order valence-electron chi connectivity index (χ3n) is 2.92. The topological polar surface area (TPSA) is 65.3 Å². The second-order valence-corrected chi connectivity index (χ2v) is 5.36. The lowest BCUT2D eigenvalue weighted by Gasteiger charge is -2.29. The number of carbonyl (C=O) groups excluding carboxylic acids is 1. The van der Waals surface area contributed by atoms with Crippen molar-refractivity contribution in [2.24, 2.45) is 10.5 Å². The van der Waals surface area contributed by atoms with Gasteiger partial charge in [-0.3, -0.25) is 10.2 Å². The lowest BCUT2D eigenvalue weighted by molar-refractivity contribution is -0.114. The summed E-state index contributed by atoms with van der Waals surface area (Å²) in [6.07, 6.45) is 1.04. The van der Waals surface area contributed by atoms with Gasteiger partial charge in [-0.25, -0.2) is 0 Å². The van der Waals surface area contributed by atoms with Crippen molar-refractivity contribution in [3.63, 3.8) is 0 Å². The van der Waals surface area contributed by atoms with Gasteiger partial charge >= 0.3 is 0 Å². The highest BCUT2D eigenvalue weighted by Crippen LogP contribution is 2.30. The maximum atomic E-state index is 11.9. The zero-order valence-corrected chi connectivity index (χ0v) is 10.7. The predicted molar refractivity (Wildman–Crippen MR) is 73.2 cm³/mol. The lowest BCUT2D eigenvalue weighted by Crippen LogP contribution is -2.38. The van der Waals surface area contributed by atoms with Crippen LogP contribution in [0.25, 0.3) is 0 Å². The summed E-state index contributed by atoms with van der Waals surface area (Å²) in [6.45, 7) is 4.00. The largest absolute Gasteiger partial charge is 0.303 e. The van der Waals surface area contributed by atoms with Gasteiger partial charge in [0.15, 0.2) is 5.78 Å². The molecule has 0 aromatic heterocycles. The Morgan fingerprint density at radius 3 is 2.50 bits per heavy atom. The van der Waals surface area contributed by atoms with E-state index >= 15 is 0 Å². The average molecular weight is 243 g/mol. The molecule has 1 aromatic rings. The summed E-state index contributed by atoms with van der Waals surface area (Å²) in [6, 6.07) is 9.42. The van der Waals surface area contributed by atoms with Gasteiger partial charge in [-0.1, -0.05) is 32.0 Å². The molecule has 0 unspecified atom stereocenters. The monoisotopic (exact) mass is 243 g/mol. The number of carbonyl (C=O) groups is 1. The molecule has 0 atom stereocenters. The van der Waals surface area contributed by atoms with Gasteiger partial charge in [-0.15, -0.1) is 0 Å². The fraction of sp³-hybridized carbons (Fsp3) is 0.357. The zero-order valence-electron chi connectivity index (χ0n) is 10.7. The smallest absolute Gasteiger partial charge is 0.185 e. The first kappa shape index (κ1) is 12.5. The second-order valence-electron chi connectivity index (χ2n) is 5.36. The summed E-state index contributed by atoms with van der Waals surface area (Å²) in [5, 5.41) is 12.0. The Balaban J connectivity index is 2.14. The summed E-state index contributed by atoms with van der Waals surface area (Å²) < 4.78 is 0. The Hall–Kier alpha value is -1.97. The number of nitrogens with one attached hydrogen (secondary N) is 2. The molecule has 0 radical (unpaired) electrons. The van der Waals surface area contributed by atoms with Crippen molar-refractivity contribution in [2.45, 2.75) is 26.7 Å². The minimum Gasteiger partial charge on any atom is -0.303 e. The summed E-state index contributed by atoms with van der Waals surface area (Å²) >= 11 is 0. The van der Waals surface area contributed by atoms with Gasteiger partial charge in [0.1, 0.15) is 5.71 Å². The van der Waals surface area contributed by atoms with Crippen molar-refractivity contribution >= 4 is 22.9 Å². The van der Waals surface area contributed by atoms with E-state index in [0.29, 0.717) is 18.6 Å². The Morgan fingerprint density at radius 2 is 1.89 bits per heavy atom. The van der Waals surface area contributed by atoms with Crippen LogP contribution >= 0.6 is 0 Å². The molecule has 18 heavy (non-hydrogen) atoms. The van der Waals surface area contributed by atoms with Gasteiger partial charge in [0.05, 0.1) is 11.4 Å². The lowest BCUT2D eigenvalue weighted by atomic mass is 9.75. The number of para-hydroxylation sites is 1. The van der Waals surface area contributed by atoms with E-state index in [9.17, 15) is 4.79 Å². The SMILES string of the molecule is CC1(C)CC(=N)/C(=N/Nc2ccccc2)C(=O)C1. The third-order valence-corrected chi connectivity index (χ3v) is 2.92. The molecule has 0 aliphatic heterocycles. The van der Waals surface area contributed by atoms with E-state index in [0.717, 1.165) is 5.69 Å². The highest BCUT2D eigenvalue weighted by Gasteiger charge is 2.34. The Bertz CT molecular complexity index is 481. The van der Waals surface area contributed by atoms with Crippen molar-refractivity contribution in [1.82, 2.24) is 0 Å². The van der Waals surface area contributed by atoms with Crippen LogP contribution < -0.4 is 5.43 Å². The molecule has 0 bridgehead atoms. The molecule has 0 saturated heterocycles. The van der Waals surface area contributed by atoms with Crippen LogP contribution in [0.5, 0.6) is 0 Å². The molecule has 2 rings (SSSR count). The summed E-state index contributed by atoms with van der Waals surface area (Å²) in [5.74, 6) is -0.0559. The molecular formula is C14H17N3O. The van der Waals surface area contributed by atoms with E-state index in [1.807, 2.05) is 44.2 Å². The summed E-state index contributed by atoms with van der Waals surface area (Å²) in [5.41, 5.74) is 4.10. The molecule has 1 saturated carbocycles. The normalized spacial score (nSPS) is 21.1. The number of benzene rings is 1. The molecule has 4 nitrogen and oxygen atoms in total. The van der Waals surface area contributed by atoms with Crippen LogP contribution in [-0.4, -0.2) is 17.2 Å². The quantitative estimate of drug-likeness (QED) is 0.784. The van der Waals surface area contributed by atoms with E-state index < -0.39 is 0 Å². The number of anilines is 1. The molecule has 4 heteroatoms. The fourth-order valence-corrected chi connectivity index (χ4v) is 2.07.